The summed E-state index contributed by atoms with van der Waals surface area (Å²) in [6.07, 6.45) is 1.71. The molecule has 0 aliphatic carbocycles. The third-order valence-electron chi connectivity index (χ3n) is 5.25. The van der Waals surface area contributed by atoms with Gasteiger partial charge < -0.3 is 10.2 Å². The van der Waals surface area contributed by atoms with E-state index in [2.05, 4.69) is 24.3 Å². The Balaban J connectivity index is 1.91. The van der Waals surface area contributed by atoms with Crippen LogP contribution in [-0.4, -0.2) is 46.2 Å². The molecule has 2 heterocycles. The highest BCUT2D eigenvalue weighted by atomic mass is 19.1. The van der Waals surface area contributed by atoms with Crippen LogP contribution in [0.15, 0.2) is 36.5 Å². The number of benzene rings is 1. The van der Waals surface area contributed by atoms with Gasteiger partial charge in [-0.15, -0.1) is 0 Å². The van der Waals surface area contributed by atoms with Gasteiger partial charge in [-0.3, -0.25) is 4.79 Å². The standard InChI is InChI=1S/C23H30FN5O/c1-14(2)20-11-18(19-12-26-29(15(3)4)22(19)27-20)23(30)25-13-21(28(5)6)16-7-9-17(24)10-8-16/h7-12,14-15,21H,13H2,1-6H3,(H,25,30). The van der Waals surface area contributed by atoms with E-state index in [0.717, 1.165) is 22.3 Å². The molecule has 0 fully saturated rings. The minimum Gasteiger partial charge on any atom is -0.350 e. The molecule has 0 aliphatic heterocycles. The van der Waals surface area contributed by atoms with Gasteiger partial charge in [0.1, 0.15) is 5.82 Å². The number of halogens is 1. The Morgan fingerprint density at radius 1 is 1.17 bits per heavy atom. The molecule has 160 valence electrons. The number of carbonyl (C=O) groups is 1. The fourth-order valence-electron chi connectivity index (χ4n) is 3.47. The summed E-state index contributed by atoms with van der Waals surface area (Å²) < 4.78 is 15.1. The van der Waals surface area contributed by atoms with Crippen molar-refractivity contribution in [2.45, 2.75) is 45.7 Å². The van der Waals surface area contributed by atoms with E-state index in [9.17, 15) is 9.18 Å². The highest BCUT2D eigenvalue weighted by Gasteiger charge is 2.21. The first-order chi connectivity index (χ1) is 14.2. The number of fused-ring (bicyclic) bond motifs is 1. The van der Waals surface area contributed by atoms with E-state index in [-0.39, 0.29) is 29.7 Å². The molecule has 1 N–H and O–H groups in total. The Labute approximate surface area is 177 Å². The lowest BCUT2D eigenvalue weighted by atomic mass is 10.0. The maximum absolute atomic E-state index is 13.3. The maximum Gasteiger partial charge on any atom is 0.252 e. The first-order valence-electron chi connectivity index (χ1n) is 10.3. The van der Waals surface area contributed by atoms with E-state index in [1.54, 1.807) is 18.3 Å². The molecule has 1 unspecified atom stereocenters. The van der Waals surface area contributed by atoms with Crippen molar-refractivity contribution in [2.24, 2.45) is 0 Å². The predicted octanol–water partition coefficient (Wildman–Crippen LogP) is 4.31. The molecular formula is C23H30FN5O. The van der Waals surface area contributed by atoms with Crippen LogP contribution < -0.4 is 5.32 Å². The fraction of sp³-hybridized carbons (Fsp3) is 0.435. The lowest BCUT2D eigenvalue weighted by Gasteiger charge is -2.25. The smallest absolute Gasteiger partial charge is 0.252 e. The van der Waals surface area contributed by atoms with Crippen LogP contribution in [0.1, 0.15) is 67.3 Å². The van der Waals surface area contributed by atoms with Crippen LogP contribution in [0.25, 0.3) is 11.0 Å². The average Bonchev–Trinajstić information content (AvgIpc) is 3.12. The van der Waals surface area contributed by atoms with Gasteiger partial charge in [-0.1, -0.05) is 26.0 Å². The monoisotopic (exact) mass is 411 g/mol. The van der Waals surface area contributed by atoms with Crippen molar-refractivity contribution in [1.29, 1.82) is 0 Å². The summed E-state index contributed by atoms with van der Waals surface area (Å²) >= 11 is 0. The van der Waals surface area contributed by atoms with Gasteiger partial charge in [-0.05, 0) is 57.6 Å². The van der Waals surface area contributed by atoms with E-state index in [1.807, 2.05) is 43.6 Å². The summed E-state index contributed by atoms with van der Waals surface area (Å²) in [6.45, 7) is 8.60. The molecule has 0 saturated carbocycles. The van der Waals surface area contributed by atoms with Gasteiger partial charge in [-0.25, -0.2) is 14.1 Å². The van der Waals surface area contributed by atoms with Crippen molar-refractivity contribution >= 4 is 16.9 Å². The number of rotatable bonds is 7. The second-order valence-corrected chi connectivity index (χ2v) is 8.41. The molecule has 2 aromatic heterocycles. The Hall–Kier alpha value is -2.80. The summed E-state index contributed by atoms with van der Waals surface area (Å²) in [7, 11) is 3.88. The van der Waals surface area contributed by atoms with Crippen molar-refractivity contribution in [3.8, 4) is 0 Å². The molecule has 0 spiro atoms. The van der Waals surface area contributed by atoms with Crippen LogP contribution in [0.4, 0.5) is 4.39 Å². The number of hydrogen-bond acceptors (Lipinski definition) is 4. The number of aromatic nitrogens is 3. The maximum atomic E-state index is 13.3. The Morgan fingerprint density at radius 2 is 1.83 bits per heavy atom. The van der Waals surface area contributed by atoms with E-state index < -0.39 is 0 Å². The second kappa shape index (κ2) is 8.92. The van der Waals surface area contributed by atoms with Crippen molar-refractivity contribution in [3.63, 3.8) is 0 Å². The first-order valence-corrected chi connectivity index (χ1v) is 10.3. The SMILES string of the molecule is CC(C)c1cc(C(=O)NCC(c2ccc(F)cc2)N(C)C)c2cnn(C(C)C)c2n1. The van der Waals surface area contributed by atoms with Crippen molar-refractivity contribution < 1.29 is 9.18 Å². The van der Waals surface area contributed by atoms with Gasteiger partial charge in [-0.2, -0.15) is 5.10 Å². The molecule has 7 heteroatoms. The number of hydrogen-bond donors (Lipinski definition) is 1. The number of likely N-dealkylation sites (N-methyl/N-ethyl adjacent to an activating group) is 1. The molecule has 3 rings (SSSR count). The first kappa shape index (κ1) is 21.9. The molecular weight excluding hydrogens is 381 g/mol. The topological polar surface area (TPSA) is 63.1 Å². The van der Waals surface area contributed by atoms with Gasteiger partial charge in [0.05, 0.1) is 23.2 Å². The average molecular weight is 412 g/mol. The third kappa shape index (κ3) is 4.51. The lowest BCUT2D eigenvalue weighted by Crippen LogP contribution is -2.34. The van der Waals surface area contributed by atoms with Gasteiger partial charge >= 0.3 is 0 Å². The molecule has 3 aromatic rings. The molecule has 0 bridgehead atoms. The van der Waals surface area contributed by atoms with Crippen LogP contribution in [0.3, 0.4) is 0 Å². The minimum absolute atomic E-state index is 0.0742. The Bertz CT molecular complexity index is 1020. The van der Waals surface area contributed by atoms with Gasteiger partial charge in [0.2, 0.25) is 0 Å². The summed E-state index contributed by atoms with van der Waals surface area (Å²) in [5.41, 5.74) is 3.10. The zero-order valence-corrected chi connectivity index (χ0v) is 18.5. The van der Waals surface area contributed by atoms with Crippen molar-refractivity contribution in [2.75, 3.05) is 20.6 Å². The van der Waals surface area contributed by atoms with Gasteiger partial charge in [0.25, 0.3) is 5.91 Å². The van der Waals surface area contributed by atoms with Crippen LogP contribution >= 0.6 is 0 Å². The molecule has 1 atom stereocenters. The van der Waals surface area contributed by atoms with Crippen LogP contribution in [-0.2, 0) is 0 Å². The Morgan fingerprint density at radius 3 is 2.40 bits per heavy atom. The molecule has 6 nitrogen and oxygen atoms in total. The highest BCUT2D eigenvalue weighted by molar-refractivity contribution is 6.05. The van der Waals surface area contributed by atoms with E-state index in [0.29, 0.717) is 12.1 Å². The van der Waals surface area contributed by atoms with Gasteiger partial charge in [0, 0.05) is 18.3 Å². The molecule has 30 heavy (non-hydrogen) atoms. The van der Waals surface area contributed by atoms with Crippen LogP contribution in [0.5, 0.6) is 0 Å². The quantitative estimate of drug-likeness (QED) is 0.629. The number of carbonyl (C=O) groups excluding carboxylic acids is 1. The fourth-order valence-corrected chi connectivity index (χ4v) is 3.47. The number of nitrogens with one attached hydrogen (secondary N) is 1. The second-order valence-electron chi connectivity index (χ2n) is 8.41. The van der Waals surface area contributed by atoms with Crippen molar-refractivity contribution in [1.82, 2.24) is 25.0 Å². The van der Waals surface area contributed by atoms with E-state index in [1.165, 1.54) is 12.1 Å². The zero-order valence-electron chi connectivity index (χ0n) is 18.5. The lowest BCUT2D eigenvalue weighted by molar-refractivity contribution is 0.0943. The number of nitrogens with zero attached hydrogens (tertiary/aromatic N) is 4. The number of amides is 1. The predicted molar refractivity (Wildman–Crippen MR) is 117 cm³/mol. The molecule has 0 radical (unpaired) electrons. The summed E-state index contributed by atoms with van der Waals surface area (Å²) in [5.74, 6) is -0.255. The van der Waals surface area contributed by atoms with Crippen LogP contribution in [0.2, 0.25) is 0 Å². The van der Waals surface area contributed by atoms with E-state index in [4.69, 9.17) is 4.98 Å². The molecule has 0 aliphatic rings. The third-order valence-corrected chi connectivity index (χ3v) is 5.25. The van der Waals surface area contributed by atoms with E-state index >= 15 is 0 Å². The highest BCUT2D eigenvalue weighted by Crippen LogP contribution is 2.25. The number of pyridine rings is 1. The normalized spacial score (nSPS) is 12.9. The van der Waals surface area contributed by atoms with Gasteiger partial charge in [0.15, 0.2) is 5.65 Å². The largest absolute Gasteiger partial charge is 0.350 e. The summed E-state index contributed by atoms with van der Waals surface area (Å²) in [4.78, 5) is 19.9. The minimum atomic E-state index is -0.275. The van der Waals surface area contributed by atoms with Crippen LogP contribution in [0, 0.1) is 5.82 Å². The summed E-state index contributed by atoms with van der Waals surface area (Å²) in [6, 6.07) is 8.31. The summed E-state index contributed by atoms with van der Waals surface area (Å²) in [5, 5.41) is 8.24. The molecule has 1 aromatic carbocycles. The molecule has 0 saturated heterocycles. The molecule has 1 amide bonds. The van der Waals surface area contributed by atoms with Crippen molar-refractivity contribution in [3.05, 3.63) is 59.2 Å². The Kier molecular flexibility index (Phi) is 6.51. The zero-order chi connectivity index (χ0) is 22.0.